The van der Waals surface area contributed by atoms with E-state index in [9.17, 15) is 5.11 Å². The van der Waals surface area contributed by atoms with E-state index in [1.807, 2.05) is 25.1 Å². The van der Waals surface area contributed by atoms with Crippen LogP contribution < -0.4 is 9.47 Å². The Kier molecular flexibility index (Phi) is 4.76. The summed E-state index contributed by atoms with van der Waals surface area (Å²) >= 11 is 3.31. The molecule has 1 aromatic carbocycles. The minimum atomic E-state index is -0.140. The number of nitrogens with zero attached hydrogens (tertiary/aromatic N) is 1. The summed E-state index contributed by atoms with van der Waals surface area (Å²) in [5, 5.41) is 9.32. The van der Waals surface area contributed by atoms with Gasteiger partial charge in [0.25, 0.3) is 0 Å². The number of halogens is 1. The van der Waals surface area contributed by atoms with Crippen LogP contribution in [0.15, 0.2) is 41.0 Å². The molecule has 0 saturated carbocycles. The number of aliphatic hydroxyl groups is 1. The molecule has 0 amide bonds. The van der Waals surface area contributed by atoms with E-state index in [2.05, 4.69) is 20.9 Å². The molecule has 0 aliphatic rings. The Bertz CT molecular complexity index is 560. The second-order valence-electron chi connectivity index (χ2n) is 3.76. The van der Waals surface area contributed by atoms with Crippen molar-refractivity contribution >= 4 is 15.9 Å². The number of pyridine rings is 1. The molecule has 0 atom stereocenters. The second-order valence-corrected chi connectivity index (χ2v) is 4.67. The highest BCUT2D eigenvalue weighted by Gasteiger charge is 2.10. The van der Waals surface area contributed by atoms with Gasteiger partial charge in [-0.05, 0) is 41.1 Å². The monoisotopic (exact) mass is 323 g/mol. The van der Waals surface area contributed by atoms with Gasteiger partial charge in [-0.1, -0.05) is 12.1 Å². The van der Waals surface area contributed by atoms with Crippen LogP contribution in [0.5, 0.6) is 17.4 Å². The molecule has 0 fully saturated rings. The number of rotatable bonds is 5. The smallest absolute Gasteiger partial charge is 0.225 e. The third kappa shape index (κ3) is 3.45. The van der Waals surface area contributed by atoms with Crippen LogP contribution in [-0.4, -0.2) is 16.7 Å². The molecule has 1 heterocycles. The predicted molar refractivity (Wildman–Crippen MR) is 75.5 cm³/mol. The summed E-state index contributed by atoms with van der Waals surface area (Å²) in [6, 6.07) is 9.13. The lowest BCUT2D eigenvalue weighted by molar-refractivity contribution is 0.272. The maximum absolute atomic E-state index is 9.32. The molecule has 0 spiro atoms. The van der Waals surface area contributed by atoms with E-state index in [-0.39, 0.29) is 6.61 Å². The lowest BCUT2D eigenvalue weighted by atomic mass is 10.3. The zero-order valence-corrected chi connectivity index (χ0v) is 12.1. The van der Waals surface area contributed by atoms with Gasteiger partial charge in [-0.25, -0.2) is 4.98 Å². The number of hydrogen-bond donors (Lipinski definition) is 1. The van der Waals surface area contributed by atoms with Crippen molar-refractivity contribution in [3.05, 3.63) is 46.6 Å². The van der Waals surface area contributed by atoms with Gasteiger partial charge in [0.05, 0.1) is 13.2 Å². The first-order valence-electron chi connectivity index (χ1n) is 5.89. The minimum absolute atomic E-state index is 0.140. The lowest BCUT2D eigenvalue weighted by Gasteiger charge is -2.12. The minimum Gasteiger partial charge on any atom is -0.490 e. The highest BCUT2D eigenvalue weighted by molar-refractivity contribution is 9.10. The first-order valence-corrected chi connectivity index (χ1v) is 6.69. The second kappa shape index (κ2) is 6.54. The third-order valence-electron chi connectivity index (χ3n) is 2.42. The van der Waals surface area contributed by atoms with Gasteiger partial charge in [-0.2, -0.15) is 0 Å². The van der Waals surface area contributed by atoms with E-state index in [0.29, 0.717) is 29.5 Å². The number of ether oxygens (including phenoxy) is 2. The van der Waals surface area contributed by atoms with Crippen LogP contribution in [-0.2, 0) is 6.61 Å². The standard InChI is InChI=1S/C14H14BrNO3/c1-2-18-12-5-3-4-6-13(12)19-14-10(9-17)7-11(15)8-16-14/h3-8,17H,2,9H2,1H3. The quantitative estimate of drug-likeness (QED) is 0.914. The highest BCUT2D eigenvalue weighted by Crippen LogP contribution is 2.32. The Morgan fingerprint density at radius 3 is 2.68 bits per heavy atom. The molecular weight excluding hydrogens is 310 g/mol. The van der Waals surface area contributed by atoms with E-state index in [0.717, 1.165) is 4.47 Å². The van der Waals surface area contributed by atoms with Crippen LogP contribution in [0, 0.1) is 0 Å². The maximum atomic E-state index is 9.32. The van der Waals surface area contributed by atoms with Crippen molar-refractivity contribution in [3.8, 4) is 17.4 Å². The van der Waals surface area contributed by atoms with Crippen molar-refractivity contribution in [2.75, 3.05) is 6.61 Å². The van der Waals surface area contributed by atoms with Crippen LogP contribution in [0.3, 0.4) is 0 Å². The van der Waals surface area contributed by atoms with Crippen LogP contribution >= 0.6 is 15.9 Å². The van der Waals surface area contributed by atoms with E-state index in [1.54, 1.807) is 18.3 Å². The summed E-state index contributed by atoms with van der Waals surface area (Å²) in [6.45, 7) is 2.33. The molecule has 5 heteroatoms. The molecule has 1 N–H and O–H groups in total. The molecule has 0 radical (unpaired) electrons. The molecule has 2 rings (SSSR count). The highest BCUT2D eigenvalue weighted by atomic mass is 79.9. The van der Waals surface area contributed by atoms with Crippen LogP contribution in [0.1, 0.15) is 12.5 Å². The van der Waals surface area contributed by atoms with E-state index >= 15 is 0 Å². The average Bonchev–Trinajstić information content (AvgIpc) is 2.43. The van der Waals surface area contributed by atoms with Gasteiger partial charge in [-0.15, -0.1) is 0 Å². The fourth-order valence-corrected chi connectivity index (χ4v) is 1.97. The number of hydrogen-bond acceptors (Lipinski definition) is 4. The molecule has 0 aliphatic carbocycles. The van der Waals surface area contributed by atoms with Crippen LogP contribution in [0.4, 0.5) is 0 Å². The molecular formula is C14H14BrNO3. The number of aliphatic hydroxyl groups excluding tert-OH is 1. The fraction of sp³-hybridized carbons (Fsp3) is 0.214. The molecule has 0 aliphatic heterocycles. The van der Waals surface area contributed by atoms with Gasteiger partial charge >= 0.3 is 0 Å². The Morgan fingerprint density at radius 1 is 1.26 bits per heavy atom. The van der Waals surface area contributed by atoms with Gasteiger partial charge < -0.3 is 14.6 Å². The van der Waals surface area contributed by atoms with Gasteiger partial charge in [-0.3, -0.25) is 0 Å². The van der Waals surface area contributed by atoms with Crippen molar-refractivity contribution in [3.63, 3.8) is 0 Å². The summed E-state index contributed by atoms with van der Waals surface area (Å²) < 4.78 is 12.0. The SMILES string of the molecule is CCOc1ccccc1Oc1ncc(Br)cc1CO. The topological polar surface area (TPSA) is 51.6 Å². The normalized spacial score (nSPS) is 10.3. The van der Waals surface area contributed by atoms with E-state index in [1.165, 1.54) is 0 Å². The molecule has 0 saturated heterocycles. The van der Waals surface area contributed by atoms with Gasteiger partial charge in [0.1, 0.15) is 0 Å². The number of benzene rings is 1. The molecule has 19 heavy (non-hydrogen) atoms. The average molecular weight is 324 g/mol. The van der Waals surface area contributed by atoms with Crippen molar-refractivity contribution in [1.82, 2.24) is 4.98 Å². The molecule has 4 nitrogen and oxygen atoms in total. The van der Waals surface area contributed by atoms with E-state index in [4.69, 9.17) is 9.47 Å². The predicted octanol–water partition coefficient (Wildman–Crippen LogP) is 3.53. The Balaban J connectivity index is 2.30. The van der Waals surface area contributed by atoms with E-state index < -0.39 is 0 Å². The number of aromatic nitrogens is 1. The first-order chi connectivity index (χ1) is 9.24. The summed E-state index contributed by atoms with van der Waals surface area (Å²) in [6.07, 6.45) is 1.62. The van der Waals surface area contributed by atoms with Gasteiger partial charge in [0.2, 0.25) is 5.88 Å². The molecule has 0 unspecified atom stereocenters. The van der Waals surface area contributed by atoms with Crippen molar-refractivity contribution in [1.29, 1.82) is 0 Å². The summed E-state index contributed by atoms with van der Waals surface area (Å²) in [7, 11) is 0. The molecule has 1 aromatic heterocycles. The van der Waals surface area contributed by atoms with Crippen molar-refractivity contribution in [2.45, 2.75) is 13.5 Å². The summed E-state index contributed by atoms with van der Waals surface area (Å²) in [4.78, 5) is 4.16. The largest absolute Gasteiger partial charge is 0.490 e. The Hall–Kier alpha value is -1.59. The Labute approximate surface area is 120 Å². The lowest BCUT2D eigenvalue weighted by Crippen LogP contribution is -1.98. The van der Waals surface area contributed by atoms with Crippen molar-refractivity contribution in [2.24, 2.45) is 0 Å². The zero-order valence-electron chi connectivity index (χ0n) is 10.5. The van der Waals surface area contributed by atoms with Gasteiger partial charge in [0.15, 0.2) is 11.5 Å². The number of para-hydroxylation sites is 2. The summed E-state index contributed by atoms with van der Waals surface area (Å²) in [5.41, 5.74) is 0.612. The van der Waals surface area contributed by atoms with Crippen LogP contribution in [0.2, 0.25) is 0 Å². The van der Waals surface area contributed by atoms with Crippen molar-refractivity contribution < 1.29 is 14.6 Å². The molecule has 0 bridgehead atoms. The van der Waals surface area contributed by atoms with Gasteiger partial charge in [0, 0.05) is 16.2 Å². The first kappa shape index (κ1) is 13.8. The summed E-state index contributed by atoms with van der Waals surface area (Å²) in [5.74, 6) is 1.60. The maximum Gasteiger partial charge on any atom is 0.225 e. The molecule has 100 valence electrons. The fourth-order valence-electron chi connectivity index (χ4n) is 1.59. The zero-order chi connectivity index (χ0) is 13.7. The molecule has 2 aromatic rings. The third-order valence-corrected chi connectivity index (χ3v) is 2.85. The van der Waals surface area contributed by atoms with Crippen LogP contribution in [0.25, 0.3) is 0 Å². The Morgan fingerprint density at radius 2 is 2.00 bits per heavy atom.